The molecule has 2 N–H and O–H groups in total. The maximum atomic E-state index is 10.7. The molecule has 4 heterocycles. The highest BCUT2D eigenvalue weighted by Gasteiger charge is 2.23. The molecule has 3 aromatic rings. The van der Waals surface area contributed by atoms with Gasteiger partial charge in [-0.2, -0.15) is 0 Å². The van der Waals surface area contributed by atoms with Crippen LogP contribution in [-0.4, -0.2) is 72.3 Å². The minimum atomic E-state index is -0.706. The van der Waals surface area contributed by atoms with Crippen molar-refractivity contribution in [2.24, 2.45) is 0 Å². The maximum absolute atomic E-state index is 10.7. The number of aliphatic hydroxyl groups excluding tert-OH is 1. The number of benzene rings is 1. The van der Waals surface area contributed by atoms with Crippen LogP contribution in [0.5, 0.6) is 17.2 Å². The summed E-state index contributed by atoms with van der Waals surface area (Å²) in [6.07, 6.45) is 3.89. The van der Waals surface area contributed by atoms with Gasteiger partial charge in [0.25, 0.3) is 0 Å². The first-order valence-corrected chi connectivity index (χ1v) is 13.1. The van der Waals surface area contributed by atoms with E-state index in [1.807, 2.05) is 12.1 Å². The van der Waals surface area contributed by atoms with Crippen molar-refractivity contribution in [3.05, 3.63) is 34.5 Å². The molecule has 0 amide bonds. The van der Waals surface area contributed by atoms with E-state index < -0.39 is 6.10 Å². The predicted octanol–water partition coefficient (Wildman–Crippen LogP) is 2.98. The quantitative estimate of drug-likeness (QED) is 0.486. The second kappa shape index (κ2) is 10.1. The number of aliphatic hydroxyl groups is 1. The molecule has 1 unspecified atom stereocenters. The third kappa shape index (κ3) is 5.02. The zero-order chi connectivity index (χ0) is 23.6. The van der Waals surface area contributed by atoms with Gasteiger partial charge in [0.2, 0.25) is 6.79 Å². The molecular weight excluding hydrogens is 468 g/mol. The van der Waals surface area contributed by atoms with E-state index in [1.165, 1.54) is 23.3 Å². The molecule has 0 saturated carbocycles. The molecule has 0 radical (unpaired) electrons. The van der Waals surface area contributed by atoms with E-state index >= 15 is 0 Å². The molecule has 2 aromatic heterocycles. The van der Waals surface area contributed by atoms with E-state index in [0.717, 1.165) is 61.0 Å². The van der Waals surface area contributed by atoms with E-state index in [1.54, 1.807) is 17.4 Å². The molecule has 10 heteroatoms. The summed E-state index contributed by atoms with van der Waals surface area (Å²) in [5.41, 5.74) is 1.38. The zero-order valence-corrected chi connectivity index (χ0v) is 20.4. The molecule has 2 aliphatic heterocycles. The first-order valence-electron chi connectivity index (χ1n) is 12.3. The van der Waals surface area contributed by atoms with Crippen molar-refractivity contribution in [3.8, 4) is 17.2 Å². The van der Waals surface area contributed by atoms with Crippen molar-refractivity contribution in [2.75, 3.05) is 51.6 Å². The van der Waals surface area contributed by atoms with Crippen LogP contribution in [0.15, 0.2) is 18.2 Å². The van der Waals surface area contributed by atoms with Crippen LogP contribution in [0.2, 0.25) is 0 Å². The molecule has 9 nitrogen and oxygen atoms in total. The van der Waals surface area contributed by atoms with Crippen molar-refractivity contribution in [2.45, 2.75) is 38.3 Å². The Labute approximate surface area is 208 Å². The van der Waals surface area contributed by atoms with Gasteiger partial charge >= 0.3 is 0 Å². The molecule has 0 spiro atoms. The lowest BCUT2D eigenvalue weighted by atomic mass is 9.97. The van der Waals surface area contributed by atoms with Crippen LogP contribution in [-0.2, 0) is 24.1 Å². The lowest BCUT2D eigenvalue weighted by Gasteiger charge is -2.26. The van der Waals surface area contributed by atoms with Crippen LogP contribution in [0.1, 0.15) is 29.1 Å². The van der Waals surface area contributed by atoms with Gasteiger partial charge in [0.15, 0.2) is 11.5 Å². The first-order chi connectivity index (χ1) is 17.2. The molecular formula is C25H30N4O5S. The number of aromatic nitrogens is 2. The van der Waals surface area contributed by atoms with Gasteiger partial charge in [-0.25, -0.2) is 9.97 Å². The van der Waals surface area contributed by atoms with E-state index in [2.05, 4.69) is 10.2 Å². The fourth-order valence-corrected chi connectivity index (χ4v) is 6.07. The number of nitrogens with one attached hydrogen (secondary N) is 1. The molecule has 1 aromatic carbocycles. The van der Waals surface area contributed by atoms with Crippen LogP contribution < -0.4 is 19.5 Å². The molecule has 186 valence electrons. The third-order valence-corrected chi connectivity index (χ3v) is 7.81. The molecule has 3 aliphatic rings. The Morgan fingerprint density at radius 3 is 2.89 bits per heavy atom. The standard InChI is InChI=1S/C25H30N4O5S/c30-16(14-32-17-5-6-19-20(11-17)34-15-33-19)12-26-24-23-18-3-1-2-4-21(18)35-25(23)28-22(27-24)13-29-7-9-31-10-8-29/h5-6,11,16,30H,1-4,7-10,12-15H2,(H,26,27,28). The molecule has 0 bridgehead atoms. The van der Waals surface area contributed by atoms with Gasteiger partial charge in [0.05, 0.1) is 25.1 Å². The minimum absolute atomic E-state index is 0.156. The summed E-state index contributed by atoms with van der Waals surface area (Å²) in [4.78, 5) is 14.7. The van der Waals surface area contributed by atoms with E-state index in [9.17, 15) is 5.11 Å². The van der Waals surface area contributed by atoms with Crippen molar-refractivity contribution < 1.29 is 24.1 Å². The number of morpholine rings is 1. The summed E-state index contributed by atoms with van der Waals surface area (Å²) < 4.78 is 22.0. The Hall–Kier alpha value is -2.66. The van der Waals surface area contributed by atoms with Crippen molar-refractivity contribution in [1.29, 1.82) is 0 Å². The zero-order valence-electron chi connectivity index (χ0n) is 19.6. The summed E-state index contributed by atoms with van der Waals surface area (Å²) in [5.74, 6) is 3.64. The van der Waals surface area contributed by atoms with Gasteiger partial charge in [-0.3, -0.25) is 4.90 Å². The number of rotatable bonds is 8. The maximum Gasteiger partial charge on any atom is 0.231 e. The largest absolute Gasteiger partial charge is 0.491 e. The van der Waals surface area contributed by atoms with Gasteiger partial charge in [-0.15, -0.1) is 11.3 Å². The van der Waals surface area contributed by atoms with E-state index in [4.69, 9.17) is 28.9 Å². The van der Waals surface area contributed by atoms with Crippen LogP contribution in [0, 0.1) is 0 Å². The highest BCUT2D eigenvalue weighted by atomic mass is 32.1. The molecule has 1 atom stereocenters. The molecule has 1 aliphatic carbocycles. The molecule has 35 heavy (non-hydrogen) atoms. The van der Waals surface area contributed by atoms with Crippen LogP contribution >= 0.6 is 11.3 Å². The Bertz CT molecular complexity index is 1200. The molecule has 1 saturated heterocycles. The van der Waals surface area contributed by atoms with Crippen molar-refractivity contribution in [3.63, 3.8) is 0 Å². The van der Waals surface area contributed by atoms with Crippen LogP contribution in [0.25, 0.3) is 10.2 Å². The van der Waals surface area contributed by atoms with E-state index in [-0.39, 0.29) is 13.4 Å². The second-order valence-electron chi connectivity index (χ2n) is 9.13. The van der Waals surface area contributed by atoms with Gasteiger partial charge in [0, 0.05) is 30.6 Å². The number of aryl methyl sites for hydroxylation is 2. The second-order valence-corrected chi connectivity index (χ2v) is 10.2. The highest BCUT2D eigenvalue weighted by Crippen LogP contribution is 2.39. The topological polar surface area (TPSA) is 98.2 Å². The van der Waals surface area contributed by atoms with Gasteiger partial charge < -0.3 is 29.4 Å². The Kier molecular flexibility index (Phi) is 6.60. The highest BCUT2D eigenvalue weighted by molar-refractivity contribution is 7.19. The van der Waals surface area contributed by atoms with E-state index in [0.29, 0.717) is 30.3 Å². The normalized spacial score (nSPS) is 18.4. The summed E-state index contributed by atoms with van der Waals surface area (Å²) in [7, 11) is 0. The number of nitrogens with zero attached hydrogens (tertiary/aromatic N) is 3. The van der Waals surface area contributed by atoms with Gasteiger partial charge in [-0.05, 0) is 43.4 Å². The Balaban J connectivity index is 1.17. The smallest absolute Gasteiger partial charge is 0.231 e. The number of hydrogen-bond donors (Lipinski definition) is 2. The fraction of sp³-hybridized carbons (Fsp3) is 0.520. The monoisotopic (exact) mass is 498 g/mol. The fourth-order valence-electron chi connectivity index (χ4n) is 4.79. The number of fused-ring (bicyclic) bond motifs is 4. The lowest BCUT2D eigenvalue weighted by Crippen LogP contribution is -2.36. The van der Waals surface area contributed by atoms with Crippen LogP contribution in [0.3, 0.4) is 0 Å². The number of anilines is 1. The molecule has 6 rings (SSSR count). The van der Waals surface area contributed by atoms with Gasteiger partial charge in [-0.1, -0.05) is 0 Å². The lowest BCUT2D eigenvalue weighted by molar-refractivity contribution is 0.0331. The average Bonchev–Trinajstić information content (AvgIpc) is 3.50. The number of thiophene rings is 1. The number of hydrogen-bond acceptors (Lipinski definition) is 10. The Morgan fingerprint density at radius 2 is 1.97 bits per heavy atom. The summed E-state index contributed by atoms with van der Waals surface area (Å²) >= 11 is 1.80. The summed E-state index contributed by atoms with van der Waals surface area (Å²) in [6.45, 7) is 4.68. The minimum Gasteiger partial charge on any atom is -0.491 e. The van der Waals surface area contributed by atoms with Gasteiger partial charge in [0.1, 0.15) is 34.9 Å². The SMILES string of the molecule is OC(CNc1nc(CN2CCOCC2)nc2sc3c(c12)CCCC3)COc1ccc2c(c1)OCO2. The van der Waals surface area contributed by atoms with Crippen molar-refractivity contribution >= 4 is 27.4 Å². The predicted molar refractivity (Wildman–Crippen MR) is 133 cm³/mol. The summed E-state index contributed by atoms with van der Waals surface area (Å²) in [6, 6.07) is 5.42. The first kappa shape index (κ1) is 22.8. The van der Waals surface area contributed by atoms with Crippen molar-refractivity contribution in [1.82, 2.24) is 14.9 Å². The van der Waals surface area contributed by atoms with Crippen LogP contribution in [0.4, 0.5) is 5.82 Å². The summed E-state index contributed by atoms with van der Waals surface area (Å²) in [5, 5.41) is 15.2. The number of ether oxygens (including phenoxy) is 4. The molecule has 1 fully saturated rings. The third-order valence-electron chi connectivity index (χ3n) is 6.62. The average molecular weight is 499 g/mol. The Morgan fingerprint density at radius 1 is 1.11 bits per heavy atom.